The van der Waals surface area contributed by atoms with Gasteiger partial charge in [-0.2, -0.15) is 10.1 Å². The minimum absolute atomic E-state index is 0.0936. The minimum Gasteiger partial charge on any atom is -0.474 e. The Labute approximate surface area is 130 Å². The van der Waals surface area contributed by atoms with Gasteiger partial charge in [0.15, 0.2) is 0 Å². The lowest BCUT2D eigenvalue weighted by Gasteiger charge is -2.32. The van der Waals surface area contributed by atoms with Gasteiger partial charge in [-0.25, -0.2) is 0 Å². The van der Waals surface area contributed by atoms with Gasteiger partial charge in [-0.05, 0) is 32.8 Å². The van der Waals surface area contributed by atoms with Crippen LogP contribution in [-0.2, 0) is 0 Å². The van der Waals surface area contributed by atoms with E-state index >= 15 is 0 Å². The van der Waals surface area contributed by atoms with Crippen LogP contribution in [0.3, 0.4) is 0 Å². The van der Waals surface area contributed by atoms with Gasteiger partial charge in [0.05, 0.1) is 30.6 Å². The molecule has 2 heterocycles. The fraction of sp³-hybridized carbons (Fsp3) is 0.562. The van der Waals surface area contributed by atoms with Crippen molar-refractivity contribution >= 4 is 5.82 Å². The zero-order valence-electron chi connectivity index (χ0n) is 13.1. The molecule has 118 valence electrons. The molecule has 2 aromatic heterocycles. The lowest BCUT2D eigenvalue weighted by molar-refractivity contribution is 0.231. The molecule has 1 N–H and O–H groups in total. The molecule has 2 atom stereocenters. The van der Waals surface area contributed by atoms with Crippen molar-refractivity contribution < 1.29 is 4.74 Å². The Morgan fingerprint density at radius 1 is 1.27 bits per heavy atom. The largest absolute Gasteiger partial charge is 0.474 e. The van der Waals surface area contributed by atoms with Crippen molar-refractivity contribution in [3.8, 4) is 5.88 Å². The van der Waals surface area contributed by atoms with Crippen LogP contribution < -0.4 is 10.1 Å². The highest BCUT2D eigenvalue weighted by Crippen LogP contribution is 2.30. The summed E-state index contributed by atoms with van der Waals surface area (Å²) >= 11 is 0. The van der Waals surface area contributed by atoms with Crippen LogP contribution in [0.2, 0.25) is 0 Å². The molecule has 6 nitrogen and oxygen atoms in total. The summed E-state index contributed by atoms with van der Waals surface area (Å²) in [6, 6.07) is 2.65. The van der Waals surface area contributed by atoms with E-state index in [1.807, 2.05) is 32.3 Å². The van der Waals surface area contributed by atoms with Crippen LogP contribution in [0.25, 0.3) is 0 Å². The van der Waals surface area contributed by atoms with Crippen LogP contribution in [0, 0.1) is 0 Å². The Kier molecular flexibility index (Phi) is 4.56. The third kappa shape index (κ3) is 3.55. The second kappa shape index (κ2) is 6.77. The summed E-state index contributed by atoms with van der Waals surface area (Å²) in [6.45, 7) is 3.97. The van der Waals surface area contributed by atoms with Crippen LogP contribution in [0.4, 0.5) is 5.82 Å². The average molecular weight is 301 g/mol. The Bertz CT molecular complexity index is 584. The number of nitrogens with zero attached hydrogens (tertiary/aromatic N) is 4. The molecule has 1 fully saturated rings. The number of anilines is 1. The van der Waals surface area contributed by atoms with Crippen LogP contribution in [0.5, 0.6) is 5.88 Å². The lowest BCUT2D eigenvalue weighted by atomic mass is 9.90. The summed E-state index contributed by atoms with van der Waals surface area (Å²) in [6.07, 6.45) is 12.1. The maximum Gasteiger partial charge on any atom is 0.234 e. The molecule has 2 aromatic rings. The molecule has 0 bridgehead atoms. The molecular formula is C16H23N5O. The molecule has 0 spiro atoms. The highest BCUT2D eigenvalue weighted by atomic mass is 16.5. The van der Waals surface area contributed by atoms with E-state index in [0.717, 1.165) is 18.7 Å². The summed E-state index contributed by atoms with van der Waals surface area (Å²) in [5.74, 6) is 1.33. The molecule has 1 aliphatic rings. The third-order valence-corrected chi connectivity index (χ3v) is 3.90. The second-order valence-electron chi connectivity index (χ2n) is 6.00. The van der Waals surface area contributed by atoms with Gasteiger partial charge in [0.25, 0.3) is 0 Å². The van der Waals surface area contributed by atoms with E-state index in [2.05, 4.69) is 25.1 Å². The first-order valence-corrected chi connectivity index (χ1v) is 7.97. The predicted octanol–water partition coefficient (Wildman–Crippen LogP) is 3.06. The summed E-state index contributed by atoms with van der Waals surface area (Å²) in [5, 5.41) is 7.92. The summed E-state index contributed by atoms with van der Waals surface area (Å²) in [4.78, 5) is 8.72. The molecule has 0 aliphatic heterocycles. The standard InChI is InChI=1S/C16H23N5O/c1-12(2)22-16-11-17-10-15(20-16)19-13-6-3-4-7-14(13)21-9-5-8-18-21/h5,8-14H,3-4,6-7H2,1-2H3,(H,19,20). The fourth-order valence-electron chi connectivity index (χ4n) is 2.98. The van der Waals surface area contributed by atoms with Gasteiger partial charge >= 0.3 is 0 Å². The molecule has 0 amide bonds. The molecular weight excluding hydrogens is 278 g/mol. The van der Waals surface area contributed by atoms with Gasteiger partial charge in [-0.15, -0.1) is 0 Å². The van der Waals surface area contributed by atoms with Gasteiger partial charge in [-0.3, -0.25) is 9.67 Å². The smallest absolute Gasteiger partial charge is 0.234 e. The summed E-state index contributed by atoms with van der Waals surface area (Å²) in [5.41, 5.74) is 0. The Hall–Kier alpha value is -2.11. The molecule has 22 heavy (non-hydrogen) atoms. The van der Waals surface area contributed by atoms with Crippen molar-refractivity contribution in [1.82, 2.24) is 19.7 Å². The number of rotatable bonds is 5. The predicted molar refractivity (Wildman–Crippen MR) is 84.9 cm³/mol. The zero-order valence-corrected chi connectivity index (χ0v) is 13.1. The van der Waals surface area contributed by atoms with Crippen LogP contribution >= 0.6 is 0 Å². The topological polar surface area (TPSA) is 64.9 Å². The van der Waals surface area contributed by atoms with Crippen molar-refractivity contribution in [3.63, 3.8) is 0 Å². The normalized spacial score (nSPS) is 21.8. The Morgan fingerprint density at radius 2 is 2.14 bits per heavy atom. The van der Waals surface area contributed by atoms with E-state index < -0.39 is 0 Å². The Balaban J connectivity index is 1.73. The molecule has 2 unspecified atom stereocenters. The molecule has 1 aliphatic carbocycles. The zero-order chi connectivity index (χ0) is 15.4. The van der Waals surface area contributed by atoms with Crippen molar-refractivity contribution in [2.24, 2.45) is 0 Å². The van der Waals surface area contributed by atoms with E-state index in [4.69, 9.17) is 4.74 Å². The minimum atomic E-state index is 0.0936. The van der Waals surface area contributed by atoms with E-state index in [1.54, 1.807) is 12.4 Å². The van der Waals surface area contributed by atoms with E-state index in [0.29, 0.717) is 18.0 Å². The number of hydrogen-bond acceptors (Lipinski definition) is 5. The van der Waals surface area contributed by atoms with Crippen molar-refractivity contribution in [2.45, 2.75) is 57.7 Å². The van der Waals surface area contributed by atoms with Crippen molar-refractivity contribution in [1.29, 1.82) is 0 Å². The van der Waals surface area contributed by atoms with Gasteiger partial charge in [0.1, 0.15) is 5.82 Å². The first kappa shape index (κ1) is 14.8. The number of nitrogens with one attached hydrogen (secondary N) is 1. The van der Waals surface area contributed by atoms with E-state index in [-0.39, 0.29) is 6.10 Å². The van der Waals surface area contributed by atoms with Gasteiger partial charge < -0.3 is 10.1 Å². The van der Waals surface area contributed by atoms with Crippen LogP contribution in [0.1, 0.15) is 45.6 Å². The summed E-state index contributed by atoms with van der Waals surface area (Å²) in [7, 11) is 0. The SMILES string of the molecule is CC(C)Oc1cncc(NC2CCCCC2n2cccn2)n1. The van der Waals surface area contributed by atoms with Gasteiger partial charge in [-0.1, -0.05) is 12.8 Å². The van der Waals surface area contributed by atoms with Gasteiger partial charge in [0.2, 0.25) is 5.88 Å². The number of aromatic nitrogens is 4. The molecule has 3 rings (SSSR count). The first-order valence-electron chi connectivity index (χ1n) is 7.97. The van der Waals surface area contributed by atoms with Gasteiger partial charge in [0, 0.05) is 12.4 Å². The molecule has 0 radical (unpaired) electrons. The number of hydrogen-bond donors (Lipinski definition) is 1. The lowest BCUT2D eigenvalue weighted by Crippen LogP contribution is -2.34. The maximum atomic E-state index is 5.61. The van der Waals surface area contributed by atoms with E-state index in [9.17, 15) is 0 Å². The third-order valence-electron chi connectivity index (χ3n) is 3.90. The van der Waals surface area contributed by atoms with Crippen LogP contribution in [-0.4, -0.2) is 31.9 Å². The quantitative estimate of drug-likeness (QED) is 0.919. The average Bonchev–Trinajstić information content (AvgIpc) is 3.01. The van der Waals surface area contributed by atoms with Crippen molar-refractivity contribution in [2.75, 3.05) is 5.32 Å². The summed E-state index contributed by atoms with van der Waals surface area (Å²) < 4.78 is 7.67. The second-order valence-corrected chi connectivity index (χ2v) is 6.00. The monoisotopic (exact) mass is 301 g/mol. The highest BCUT2D eigenvalue weighted by Gasteiger charge is 2.27. The van der Waals surface area contributed by atoms with Crippen molar-refractivity contribution in [3.05, 3.63) is 30.9 Å². The van der Waals surface area contributed by atoms with Crippen LogP contribution in [0.15, 0.2) is 30.9 Å². The maximum absolute atomic E-state index is 5.61. The molecule has 1 saturated carbocycles. The molecule has 6 heteroatoms. The molecule has 0 saturated heterocycles. The first-order chi connectivity index (χ1) is 10.7. The molecule has 0 aromatic carbocycles. The van der Waals surface area contributed by atoms with E-state index in [1.165, 1.54) is 12.8 Å². The fourth-order valence-corrected chi connectivity index (χ4v) is 2.98. The Morgan fingerprint density at radius 3 is 2.91 bits per heavy atom. The number of ether oxygens (including phenoxy) is 1. The highest BCUT2D eigenvalue weighted by molar-refractivity contribution is 5.35.